The van der Waals surface area contributed by atoms with Gasteiger partial charge in [-0.2, -0.15) is 0 Å². The van der Waals surface area contributed by atoms with Crippen LogP contribution in [0.1, 0.15) is 35.9 Å². The zero-order valence-corrected chi connectivity index (χ0v) is 10.2. The number of methoxy groups -OCH3 is 1. The molecule has 0 aromatic carbocycles. The van der Waals surface area contributed by atoms with E-state index in [1.165, 1.54) is 7.11 Å². The van der Waals surface area contributed by atoms with Gasteiger partial charge in [0, 0.05) is 5.69 Å². The van der Waals surface area contributed by atoms with Gasteiger partial charge in [0.2, 0.25) is 0 Å². The van der Waals surface area contributed by atoms with Crippen molar-refractivity contribution >= 4 is 29.2 Å². The highest BCUT2D eigenvalue weighted by atomic mass is 35.5. The average molecular weight is 248 g/mol. The summed E-state index contributed by atoms with van der Waals surface area (Å²) in [5.41, 5.74) is 0.778. The normalized spacial score (nSPS) is 10.5. The summed E-state index contributed by atoms with van der Waals surface area (Å²) in [5, 5.41) is 0.448. The van der Waals surface area contributed by atoms with Crippen LogP contribution in [-0.2, 0) is 4.74 Å². The highest BCUT2D eigenvalue weighted by molar-refractivity contribution is 6.43. The fourth-order valence-corrected chi connectivity index (χ4v) is 1.42. The number of carbonyl (C=O) groups is 1. The van der Waals surface area contributed by atoms with Crippen molar-refractivity contribution in [1.82, 2.24) is 4.98 Å². The summed E-state index contributed by atoms with van der Waals surface area (Å²) < 4.78 is 4.56. The van der Waals surface area contributed by atoms with Crippen molar-refractivity contribution in [3.63, 3.8) is 0 Å². The lowest BCUT2D eigenvalue weighted by molar-refractivity contribution is 0.0594. The number of hydrogen-bond donors (Lipinski definition) is 0. The molecule has 3 nitrogen and oxygen atoms in total. The SMILES string of the molecule is COC(=O)c1nc(C(C)C)cc(Cl)c1Cl. The predicted molar refractivity (Wildman–Crippen MR) is 59.7 cm³/mol. The minimum Gasteiger partial charge on any atom is -0.464 e. The van der Waals surface area contributed by atoms with Crippen LogP contribution in [-0.4, -0.2) is 18.1 Å². The summed E-state index contributed by atoms with van der Waals surface area (Å²) >= 11 is 11.7. The van der Waals surface area contributed by atoms with Crippen LogP contribution >= 0.6 is 23.2 Å². The van der Waals surface area contributed by atoms with Crippen LogP contribution in [0.2, 0.25) is 10.0 Å². The molecule has 1 rings (SSSR count). The van der Waals surface area contributed by atoms with E-state index in [9.17, 15) is 4.79 Å². The van der Waals surface area contributed by atoms with Gasteiger partial charge in [-0.05, 0) is 12.0 Å². The number of esters is 1. The van der Waals surface area contributed by atoms with Crippen molar-refractivity contribution in [3.8, 4) is 0 Å². The van der Waals surface area contributed by atoms with Gasteiger partial charge in [-0.15, -0.1) is 0 Å². The molecule has 0 aliphatic carbocycles. The topological polar surface area (TPSA) is 39.2 Å². The average Bonchev–Trinajstić information content (AvgIpc) is 2.20. The number of rotatable bonds is 2. The van der Waals surface area contributed by atoms with Gasteiger partial charge in [-0.25, -0.2) is 9.78 Å². The Hall–Kier alpha value is -0.800. The minimum absolute atomic E-state index is 0.0652. The second kappa shape index (κ2) is 4.81. The van der Waals surface area contributed by atoms with Crippen LogP contribution in [0.25, 0.3) is 0 Å². The van der Waals surface area contributed by atoms with Gasteiger partial charge in [-0.3, -0.25) is 0 Å². The zero-order valence-electron chi connectivity index (χ0n) is 8.67. The van der Waals surface area contributed by atoms with Gasteiger partial charge in [0.05, 0.1) is 17.2 Å². The van der Waals surface area contributed by atoms with Gasteiger partial charge in [0.15, 0.2) is 5.69 Å². The lowest BCUT2D eigenvalue weighted by atomic mass is 10.1. The highest BCUT2D eigenvalue weighted by Gasteiger charge is 2.18. The summed E-state index contributed by atoms with van der Waals surface area (Å²) in [7, 11) is 1.27. The number of halogens is 2. The molecule has 0 unspecified atom stereocenters. The Balaban J connectivity index is 3.31. The molecule has 0 amide bonds. The number of hydrogen-bond acceptors (Lipinski definition) is 3. The smallest absolute Gasteiger partial charge is 0.358 e. The number of carbonyl (C=O) groups excluding carboxylic acids is 1. The van der Waals surface area contributed by atoms with Crippen molar-refractivity contribution < 1.29 is 9.53 Å². The fraction of sp³-hybridized carbons (Fsp3) is 0.400. The summed E-state index contributed by atoms with van der Waals surface area (Å²) in [6.07, 6.45) is 0. The van der Waals surface area contributed by atoms with E-state index in [0.717, 1.165) is 0 Å². The Morgan fingerprint density at radius 2 is 2.07 bits per heavy atom. The Bertz CT molecular complexity index is 391. The molecule has 0 atom stereocenters. The van der Waals surface area contributed by atoms with E-state index in [-0.39, 0.29) is 16.6 Å². The van der Waals surface area contributed by atoms with Gasteiger partial charge in [0.1, 0.15) is 0 Å². The summed E-state index contributed by atoms with van der Waals surface area (Å²) in [5.74, 6) is -0.410. The van der Waals surface area contributed by atoms with Gasteiger partial charge in [-0.1, -0.05) is 37.0 Å². The summed E-state index contributed by atoms with van der Waals surface area (Å²) in [6.45, 7) is 3.90. The maximum atomic E-state index is 11.3. The number of nitrogens with zero attached hydrogens (tertiary/aromatic N) is 1. The fourth-order valence-electron chi connectivity index (χ4n) is 1.04. The first-order chi connectivity index (χ1) is 6.97. The molecular weight excluding hydrogens is 237 g/mol. The van der Waals surface area contributed by atoms with Gasteiger partial charge in [0.25, 0.3) is 0 Å². The van der Waals surface area contributed by atoms with Crippen LogP contribution in [0.15, 0.2) is 6.07 Å². The third-order valence-electron chi connectivity index (χ3n) is 1.90. The van der Waals surface area contributed by atoms with E-state index in [1.54, 1.807) is 6.07 Å². The second-order valence-electron chi connectivity index (χ2n) is 3.34. The third-order valence-corrected chi connectivity index (χ3v) is 2.68. The molecule has 0 aliphatic heterocycles. The lowest BCUT2D eigenvalue weighted by Crippen LogP contribution is -2.08. The third kappa shape index (κ3) is 2.61. The Morgan fingerprint density at radius 3 is 2.53 bits per heavy atom. The van der Waals surface area contributed by atoms with E-state index in [1.807, 2.05) is 13.8 Å². The maximum absolute atomic E-state index is 11.3. The van der Waals surface area contributed by atoms with Crippen molar-refractivity contribution in [2.45, 2.75) is 19.8 Å². The monoisotopic (exact) mass is 247 g/mol. The van der Waals surface area contributed by atoms with E-state index in [4.69, 9.17) is 23.2 Å². The van der Waals surface area contributed by atoms with E-state index in [0.29, 0.717) is 10.7 Å². The molecule has 0 aliphatic rings. The van der Waals surface area contributed by atoms with Crippen molar-refractivity contribution in [2.24, 2.45) is 0 Å². The van der Waals surface area contributed by atoms with E-state index < -0.39 is 5.97 Å². The maximum Gasteiger partial charge on any atom is 0.358 e. The first kappa shape index (κ1) is 12.3. The number of ether oxygens (including phenoxy) is 1. The predicted octanol–water partition coefficient (Wildman–Crippen LogP) is 3.30. The summed E-state index contributed by atoms with van der Waals surface area (Å²) in [4.78, 5) is 15.4. The van der Waals surface area contributed by atoms with Crippen LogP contribution in [0, 0.1) is 0 Å². The first-order valence-electron chi connectivity index (χ1n) is 4.41. The largest absolute Gasteiger partial charge is 0.464 e. The van der Waals surface area contributed by atoms with Crippen LogP contribution in [0.3, 0.4) is 0 Å². The molecule has 0 fully saturated rings. The molecule has 0 N–H and O–H groups in total. The molecule has 0 saturated carbocycles. The second-order valence-corrected chi connectivity index (χ2v) is 4.12. The molecule has 0 spiro atoms. The van der Waals surface area contributed by atoms with E-state index >= 15 is 0 Å². The zero-order chi connectivity index (χ0) is 11.6. The van der Waals surface area contributed by atoms with Gasteiger partial charge >= 0.3 is 5.97 Å². The molecule has 1 aromatic heterocycles. The molecule has 0 saturated heterocycles. The molecule has 82 valence electrons. The molecule has 0 radical (unpaired) electrons. The molecule has 0 bridgehead atoms. The molecule has 1 heterocycles. The highest BCUT2D eigenvalue weighted by Crippen LogP contribution is 2.28. The van der Waals surface area contributed by atoms with Gasteiger partial charge < -0.3 is 4.74 Å². The number of pyridine rings is 1. The molecule has 5 heteroatoms. The van der Waals surface area contributed by atoms with Crippen molar-refractivity contribution in [3.05, 3.63) is 27.5 Å². The minimum atomic E-state index is -0.579. The summed E-state index contributed by atoms with van der Waals surface area (Å²) in [6, 6.07) is 1.65. The standard InChI is InChI=1S/C10H11Cl2NO2/c1-5(2)7-4-6(11)8(12)9(13-7)10(14)15-3/h4-5H,1-3H3. The molecular formula is C10H11Cl2NO2. The Morgan fingerprint density at radius 1 is 1.47 bits per heavy atom. The molecule has 1 aromatic rings. The van der Waals surface area contributed by atoms with E-state index in [2.05, 4.69) is 9.72 Å². The first-order valence-corrected chi connectivity index (χ1v) is 5.17. The lowest BCUT2D eigenvalue weighted by Gasteiger charge is -2.09. The Kier molecular flexibility index (Phi) is 3.94. The Labute approximate surface area is 98.4 Å². The quantitative estimate of drug-likeness (QED) is 0.754. The van der Waals surface area contributed by atoms with Crippen LogP contribution < -0.4 is 0 Å². The van der Waals surface area contributed by atoms with Crippen molar-refractivity contribution in [2.75, 3.05) is 7.11 Å². The van der Waals surface area contributed by atoms with Crippen LogP contribution in [0.4, 0.5) is 0 Å². The van der Waals surface area contributed by atoms with Crippen molar-refractivity contribution in [1.29, 1.82) is 0 Å². The molecule has 15 heavy (non-hydrogen) atoms. The number of aromatic nitrogens is 1. The van der Waals surface area contributed by atoms with Crippen LogP contribution in [0.5, 0.6) is 0 Å².